The van der Waals surface area contributed by atoms with Crippen LogP contribution in [0, 0.1) is 0 Å². The number of primary amides is 1. The summed E-state index contributed by atoms with van der Waals surface area (Å²) in [5.41, 5.74) is 11.1. The quantitative estimate of drug-likeness (QED) is 0.763. The Morgan fingerprint density at radius 1 is 1.33 bits per heavy atom. The number of amides is 1. The Labute approximate surface area is 128 Å². The van der Waals surface area contributed by atoms with E-state index in [4.69, 9.17) is 11.5 Å². The second-order valence-electron chi connectivity index (χ2n) is 5.25. The largest absolute Gasteiger partial charge is 0.396 e. The van der Waals surface area contributed by atoms with Gasteiger partial charge in [0.25, 0.3) is 5.91 Å². The number of hydrogen-bond acceptors (Lipinski definition) is 6. The van der Waals surface area contributed by atoms with E-state index in [2.05, 4.69) is 5.32 Å². The van der Waals surface area contributed by atoms with Crippen LogP contribution in [0.1, 0.15) is 48.7 Å². The van der Waals surface area contributed by atoms with Gasteiger partial charge in [-0.1, -0.05) is 26.2 Å². The molecule has 0 aliphatic heterocycles. The van der Waals surface area contributed by atoms with Gasteiger partial charge in [-0.15, -0.1) is 11.3 Å². The monoisotopic (exact) mass is 331 g/mol. The number of nitrogen functional groups attached to an aromatic ring is 1. The highest BCUT2D eigenvalue weighted by molar-refractivity contribution is 7.91. The average molecular weight is 331 g/mol. The van der Waals surface area contributed by atoms with Crippen LogP contribution in [0.4, 0.5) is 10.7 Å². The molecule has 1 heterocycles. The number of nitrogens with one attached hydrogen (secondary N) is 1. The van der Waals surface area contributed by atoms with E-state index in [0.717, 1.165) is 37.0 Å². The molecule has 1 aliphatic carbocycles. The van der Waals surface area contributed by atoms with Crippen molar-refractivity contribution in [2.45, 2.75) is 50.0 Å². The fourth-order valence-corrected chi connectivity index (χ4v) is 5.17. The van der Waals surface area contributed by atoms with E-state index in [-0.39, 0.29) is 27.3 Å². The van der Waals surface area contributed by atoms with Crippen molar-refractivity contribution in [1.29, 1.82) is 0 Å². The lowest BCUT2D eigenvalue weighted by molar-refractivity contribution is 0.100. The highest BCUT2D eigenvalue weighted by Crippen LogP contribution is 2.40. The molecule has 1 fully saturated rings. The Kier molecular flexibility index (Phi) is 4.77. The minimum Gasteiger partial charge on any atom is -0.396 e. The standard InChI is InChI=1S/C13H21N3O3S2/c1-2-21(18,19)11-9(14)10(12(15)17)20-13(11)16-8-6-4-3-5-7-8/h8,16H,2-7,14H2,1H3,(H2,15,17). The summed E-state index contributed by atoms with van der Waals surface area (Å²) in [6.45, 7) is 1.56. The first kappa shape index (κ1) is 16.1. The molecule has 0 atom stereocenters. The van der Waals surface area contributed by atoms with Crippen molar-refractivity contribution in [3.63, 3.8) is 0 Å². The van der Waals surface area contributed by atoms with Gasteiger partial charge in [0.2, 0.25) is 0 Å². The van der Waals surface area contributed by atoms with Crippen molar-refractivity contribution in [2.24, 2.45) is 5.73 Å². The Bertz CT molecular complexity index is 631. The zero-order valence-electron chi connectivity index (χ0n) is 12.0. The summed E-state index contributed by atoms with van der Waals surface area (Å²) in [5.74, 6) is -0.757. The Balaban J connectivity index is 2.43. The maximum absolute atomic E-state index is 12.3. The number of carbonyl (C=O) groups excluding carboxylic acids is 1. The highest BCUT2D eigenvalue weighted by Gasteiger charge is 2.29. The molecule has 1 amide bonds. The third kappa shape index (κ3) is 3.32. The molecule has 0 aromatic carbocycles. The van der Waals surface area contributed by atoms with Gasteiger partial charge >= 0.3 is 0 Å². The van der Waals surface area contributed by atoms with Crippen LogP contribution >= 0.6 is 11.3 Å². The first-order valence-corrected chi connectivity index (χ1v) is 9.55. The van der Waals surface area contributed by atoms with Crippen LogP contribution in [0.2, 0.25) is 0 Å². The number of anilines is 2. The smallest absolute Gasteiger partial charge is 0.261 e. The molecule has 1 saturated carbocycles. The maximum Gasteiger partial charge on any atom is 0.261 e. The second kappa shape index (κ2) is 6.23. The molecule has 21 heavy (non-hydrogen) atoms. The van der Waals surface area contributed by atoms with Crippen LogP contribution in [0.25, 0.3) is 0 Å². The lowest BCUT2D eigenvalue weighted by Crippen LogP contribution is -2.22. The molecule has 0 unspecified atom stereocenters. The van der Waals surface area contributed by atoms with Crippen molar-refractivity contribution >= 4 is 37.8 Å². The molecule has 0 bridgehead atoms. The molecule has 0 spiro atoms. The van der Waals surface area contributed by atoms with E-state index < -0.39 is 15.7 Å². The average Bonchev–Trinajstić information content (AvgIpc) is 2.77. The van der Waals surface area contributed by atoms with Crippen LogP contribution in [0.15, 0.2) is 4.90 Å². The van der Waals surface area contributed by atoms with Crippen molar-refractivity contribution in [1.82, 2.24) is 0 Å². The molecular formula is C13H21N3O3S2. The van der Waals surface area contributed by atoms with E-state index >= 15 is 0 Å². The summed E-state index contributed by atoms with van der Waals surface area (Å²) >= 11 is 1.04. The van der Waals surface area contributed by atoms with Crippen molar-refractivity contribution in [2.75, 3.05) is 16.8 Å². The van der Waals surface area contributed by atoms with Gasteiger partial charge in [-0.25, -0.2) is 8.42 Å². The second-order valence-corrected chi connectivity index (χ2v) is 8.49. The molecule has 1 aromatic rings. The maximum atomic E-state index is 12.3. The number of rotatable bonds is 5. The van der Waals surface area contributed by atoms with Gasteiger partial charge < -0.3 is 16.8 Å². The Morgan fingerprint density at radius 2 is 1.95 bits per heavy atom. The minimum absolute atomic E-state index is 0.0207. The Hall–Kier alpha value is -1.28. The molecular weight excluding hydrogens is 310 g/mol. The van der Waals surface area contributed by atoms with E-state index in [1.807, 2.05) is 0 Å². The normalized spacial score (nSPS) is 16.8. The SMILES string of the molecule is CCS(=O)(=O)c1c(NC2CCCCC2)sc(C(N)=O)c1N. The predicted molar refractivity (Wildman–Crippen MR) is 85.5 cm³/mol. The number of sulfone groups is 1. The van der Waals surface area contributed by atoms with Gasteiger partial charge in [-0.3, -0.25) is 4.79 Å². The zero-order valence-corrected chi connectivity index (χ0v) is 13.6. The van der Waals surface area contributed by atoms with Crippen LogP contribution in [-0.2, 0) is 9.84 Å². The van der Waals surface area contributed by atoms with Crippen LogP contribution < -0.4 is 16.8 Å². The molecule has 1 aliphatic rings. The van der Waals surface area contributed by atoms with Crippen molar-refractivity contribution in [3.05, 3.63) is 4.88 Å². The van der Waals surface area contributed by atoms with E-state index in [0.29, 0.717) is 5.00 Å². The van der Waals surface area contributed by atoms with Gasteiger partial charge in [-0.05, 0) is 12.8 Å². The Morgan fingerprint density at radius 3 is 2.48 bits per heavy atom. The molecule has 118 valence electrons. The van der Waals surface area contributed by atoms with E-state index in [9.17, 15) is 13.2 Å². The summed E-state index contributed by atoms with van der Waals surface area (Å²) in [5, 5.41) is 3.71. The molecule has 2 rings (SSSR count). The first-order valence-electron chi connectivity index (χ1n) is 7.08. The van der Waals surface area contributed by atoms with Crippen LogP contribution in [-0.4, -0.2) is 26.1 Å². The fraction of sp³-hybridized carbons (Fsp3) is 0.615. The number of hydrogen-bond donors (Lipinski definition) is 3. The summed E-state index contributed by atoms with van der Waals surface area (Å²) in [6.07, 6.45) is 5.44. The molecule has 0 saturated heterocycles. The minimum atomic E-state index is -3.51. The zero-order chi connectivity index (χ0) is 15.6. The summed E-state index contributed by atoms with van der Waals surface area (Å²) < 4.78 is 24.5. The topological polar surface area (TPSA) is 115 Å². The predicted octanol–water partition coefficient (Wildman–Crippen LogP) is 1.97. The van der Waals surface area contributed by atoms with Gasteiger partial charge in [0.15, 0.2) is 9.84 Å². The van der Waals surface area contributed by atoms with Crippen LogP contribution in [0.5, 0.6) is 0 Å². The number of nitrogens with two attached hydrogens (primary N) is 2. The fourth-order valence-electron chi connectivity index (χ4n) is 2.59. The first-order chi connectivity index (χ1) is 9.86. The molecule has 5 N–H and O–H groups in total. The highest BCUT2D eigenvalue weighted by atomic mass is 32.2. The molecule has 1 aromatic heterocycles. The van der Waals surface area contributed by atoms with Crippen molar-refractivity contribution in [3.8, 4) is 0 Å². The lowest BCUT2D eigenvalue weighted by Gasteiger charge is -2.23. The van der Waals surface area contributed by atoms with E-state index in [1.54, 1.807) is 6.92 Å². The van der Waals surface area contributed by atoms with Crippen molar-refractivity contribution < 1.29 is 13.2 Å². The summed E-state index contributed by atoms with van der Waals surface area (Å²) in [4.78, 5) is 11.6. The van der Waals surface area contributed by atoms with Gasteiger partial charge in [0.1, 0.15) is 14.8 Å². The third-order valence-corrected chi connectivity index (χ3v) is 6.84. The van der Waals surface area contributed by atoms with E-state index in [1.165, 1.54) is 6.42 Å². The van der Waals surface area contributed by atoms with Gasteiger partial charge in [0.05, 0.1) is 11.4 Å². The summed E-state index contributed by atoms with van der Waals surface area (Å²) in [6, 6.07) is 0.225. The van der Waals surface area contributed by atoms with Crippen LogP contribution in [0.3, 0.4) is 0 Å². The third-order valence-electron chi connectivity index (χ3n) is 3.75. The molecule has 8 heteroatoms. The molecule has 6 nitrogen and oxygen atoms in total. The molecule has 0 radical (unpaired) electrons. The summed E-state index contributed by atoms with van der Waals surface area (Å²) in [7, 11) is -3.51. The van der Waals surface area contributed by atoms with Gasteiger partial charge in [-0.2, -0.15) is 0 Å². The number of carbonyl (C=O) groups is 1. The van der Waals surface area contributed by atoms with Gasteiger partial charge in [0, 0.05) is 6.04 Å². The number of thiophene rings is 1. The lowest BCUT2D eigenvalue weighted by atomic mass is 9.96.